The van der Waals surface area contributed by atoms with E-state index in [1.165, 1.54) is 108 Å². The molecule has 0 radical (unpaired) electrons. The zero-order valence-electron chi connectivity index (χ0n) is 18.3. The van der Waals surface area contributed by atoms with Crippen molar-refractivity contribution in [3.8, 4) is 0 Å². The van der Waals surface area contributed by atoms with Crippen molar-refractivity contribution in [3.05, 3.63) is 5.01 Å². The van der Waals surface area contributed by atoms with E-state index in [0.717, 1.165) is 17.3 Å². The van der Waals surface area contributed by atoms with Crippen LogP contribution < -0.4 is 4.72 Å². The molecule has 0 saturated heterocycles. The van der Waals surface area contributed by atoms with Gasteiger partial charge in [-0.1, -0.05) is 121 Å². The Morgan fingerprint density at radius 3 is 1.68 bits per heavy atom. The zero-order valence-corrected chi connectivity index (χ0v) is 20.8. The summed E-state index contributed by atoms with van der Waals surface area (Å²) in [5.74, 6) is 0. The summed E-state index contributed by atoms with van der Waals surface area (Å²) < 4.78 is 4.29. The van der Waals surface area contributed by atoms with Gasteiger partial charge in [-0.05, 0) is 28.2 Å². The first-order valence-corrected chi connectivity index (χ1v) is 14.7. The molecular weight excluding hydrogens is 402 g/mol. The van der Waals surface area contributed by atoms with Crippen LogP contribution in [0.3, 0.4) is 0 Å². The third-order valence-electron chi connectivity index (χ3n) is 5.01. The van der Waals surface area contributed by atoms with Crippen molar-refractivity contribution in [3.63, 3.8) is 0 Å². The zero-order chi connectivity index (χ0) is 20.1. The number of aryl methyl sites for hydroxylation is 1. The molecule has 1 N–H and O–H groups in total. The number of nitrogens with zero attached hydrogens (tertiary/aromatic N) is 2. The SMILES string of the molecule is CCCCCCCCCCCCCCCCCCc1nnc(SSNCC)s1. The molecule has 164 valence electrons. The molecule has 0 saturated carbocycles. The lowest BCUT2D eigenvalue weighted by Gasteiger charge is -2.03. The Bertz CT molecular complexity index is 440. The summed E-state index contributed by atoms with van der Waals surface area (Å²) in [6, 6.07) is 0. The van der Waals surface area contributed by atoms with Gasteiger partial charge in [0.25, 0.3) is 0 Å². The van der Waals surface area contributed by atoms with Crippen molar-refractivity contribution in [1.29, 1.82) is 0 Å². The van der Waals surface area contributed by atoms with E-state index in [1.54, 1.807) is 33.1 Å². The number of hydrogen-bond acceptors (Lipinski definition) is 6. The van der Waals surface area contributed by atoms with E-state index in [2.05, 4.69) is 28.8 Å². The summed E-state index contributed by atoms with van der Waals surface area (Å²) in [6.45, 7) is 5.38. The van der Waals surface area contributed by atoms with Crippen LogP contribution in [0.4, 0.5) is 0 Å². The van der Waals surface area contributed by atoms with Crippen LogP contribution in [0.5, 0.6) is 0 Å². The van der Waals surface area contributed by atoms with E-state index < -0.39 is 0 Å². The third kappa shape index (κ3) is 16.1. The topological polar surface area (TPSA) is 37.8 Å². The van der Waals surface area contributed by atoms with Crippen LogP contribution >= 0.6 is 33.1 Å². The Labute approximate surface area is 186 Å². The van der Waals surface area contributed by atoms with E-state index in [1.807, 2.05) is 0 Å². The molecule has 1 aromatic rings. The van der Waals surface area contributed by atoms with Crippen LogP contribution in [0.25, 0.3) is 0 Å². The van der Waals surface area contributed by atoms with Crippen LogP contribution in [0.15, 0.2) is 4.34 Å². The Morgan fingerprint density at radius 1 is 0.679 bits per heavy atom. The molecule has 0 bridgehead atoms. The largest absolute Gasteiger partial charge is 0.255 e. The monoisotopic (exact) mass is 445 g/mol. The summed E-state index contributed by atoms with van der Waals surface area (Å²) in [5.41, 5.74) is 0. The van der Waals surface area contributed by atoms with Gasteiger partial charge in [-0.2, -0.15) is 0 Å². The molecule has 1 rings (SSSR count). The minimum Gasteiger partial charge on any atom is -0.255 e. The molecule has 0 fully saturated rings. The van der Waals surface area contributed by atoms with Crippen molar-refractivity contribution in [2.75, 3.05) is 6.54 Å². The van der Waals surface area contributed by atoms with Gasteiger partial charge >= 0.3 is 0 Å². The minimum absolute atomic E-state index is 0.975. The van der Waals surface area contributed by atoms with Gasteiger partial charge < -0.3 is 0 Å². The summed E-state index contributed by atoms with van der Waals surface area (Å²) in [5, 5.41) is 9.76. The molecule has 0 spiro atoms. The highest BCUT2D eigenvalue weighted by Gasteiger charge is 2.05. The van der Waals surface area contributed by atoms with E-state index >= 15 is 0 Å². The van der Waals surface area contributed by atoms with Gasteiger partial charge in [0.1, 0.15) is 5.01 Å². The molecule has 0 unspecified atom stereocenters. The van der Waals surface area contributed by atoms with Crippen molar-refractivity contribution < 1.29 is 0 Å². The van der Waals surface area contributed by atoms with Gasteiger partial charge in [0.2, 0.25) is 0 Å². The van der Waals surface area contributed by atoms with Gasteiger partial charge in [-0.3, -0.25) is 4.72 Å². The molecule has 3 nitrogen and oxygen atoms in total. The van der Waals surface area contributed by atoms with E-state index in [9.17, 15) is 0 Å². The summed E-state index contributed by atoms with van der Waals surface area (Å²) >= 11 is 1.75. The number of nitrogens with one attached hydrogen (secondary N) is 1. The second kappa shape index (κ2) is 20.5. The van der Waals surface area contributed by atoms with Crippen LogP contribution in [0.2, 0.25) is 0 Å². The van der Waals surface area contributed by atoms with E-state index in [0.29, 0.717) is 0 Å². The minimum atomic E-state index is 0.975. The van der Waals surface area contributed by atoms with Gasteiger partial charge in [0.05, 0.1) is 0 Å². The molecular formula is C22H43N3S3. The number of rotatable bonds is 21. The molecule has 28 heavy (non-hydrogen) atoms. The Balaban J connectivity index is 1.78. The van der Waals surface area contributed by atoms with Crippen LogP contribution in [-0.2, 0) is 6.42 Å². The molecule has 1 aromatic heterocycles. The Hall–Kier alpha value is 0.220. The van der Waals surface area contributed by atoms with E-state index in [-0.39, 0.29) is 0 Å². The van der Waals surface area contributed by atoms with Crippen molar-refractivity contribution in [2.24, 2.45) is 0 Å². The van der Waals surface area contributed by atoms with Gasteiger partial charge in [0.15, 0.2) is 4.34 Å². The lowest BCUT2D eigenvalue weighted by molar-refractivity contribution is 0.529. The molecule has 1 heterocycles. The number of unbranched alkanes of at least 4 members (excludes halogenated alkanes) is 15. The average Bonchev–Trinajstić information content (AvgIpc) is 3.15. The highest BCUT2D eigenvalue weighted by molar-refractivity contribution is 8.76. The maximum absolute atomic E-state index is 4.31. The normalized spacial score (nSPS) is 11.4. The molecule has 0 atom stereocenters. The van der Waals surface area contributed by atoms with Crippen molar-refractivity contribution >= 4 is 33.1 Å². The highest BCUT2D eigenvalue weighted by Crippen LogP contribution is 2.31. The second-order valence-electron chi connectivity index (χ2n) is 7.68. The molecule has 0 aliphatic heterocycles. The highest BCUT2D eigenvalue weighted by atomic mass is 33.1. The molecule has 0 aliphatic rings. The van der Waals surface area contributed by atoms with Crippen LogP contribution in [-0.4, -0.2) is 16.7 Å². The standard InChI is InChI=1S/C22H43N3S3/c1-3-5-6-7-8-9-10-11-12-13-14-15-16-17-18-19-20-21-24-25-22(26-21)27-28-23-4-2/h23H,3-20H2,1-2H3. The maximum atomic E-state index is 4.31. The van der Waals surface area contributed by atoms with Crippen LogP contribution in [0, 0.1) is 0 Å². The smallest absolute Gasteiger partial charge is 0.186 e. The van der Waals surface area contributed by atoms with Gasteiger partial charge in [0, 0.05) is 13.0 Å². The first kappa shape index (κ1) is 26.3. The third-order valence-corrected chi connectivity index (χ3v) is 8.39. The lowest BCUT2D eigenvalue weighted by Crippen LogP contribution is -1.97. The van der Waals surface area contributed by atoms with E-state index in [4.69, 9.17) is 0 Å². The Morgan fingerprint density at radius 2 is 1.18 bits per heavy atom. The number of aromatic nitrogens is 2. The predicted molar refractivity (Wildman–Crippen MR) is 130 cm³/mol. The number of hydrogen-bond donors (Lipinski definition) is 1. The fourth-order valence-electron chi connectivity index (χ4n) is 3.32. The average molecular weight is 446 g/mol. The lowest BCUT2D eigenvalue weighted by atomic mass is 10.0. The molecule has 0 amide bonds. The van der Waals surface area contributed by atoms with Crippen molar-refractivity contribution in [1.82, 2.24) is 14.9 Å². The molecule has 0 aromatic carbocycles. The van der Waals surface area contributed by atoms with Gasteiger partial charge in [-0.25, -0.2) is 0 Å². The van der Waals surface area contributed by atoms with Crippen LogP contribution in [0.1, 0.15) is 122 Å². The van der Waals surface area contributed by atoms with Crippen molar-refractivity contribution in [2.45, 2.75) is 127 Å². The fourth-order valence-corrected chi connectivity index (χ4v) is 6.14. The fraction of sp³-hybridized carbons (Fsp3) is 0.909. The predicted octanol–water partition coefficient (Wildman–Crippen LogP) is 8.61. The summed E-state index contributed by atoms with van der Waals surface area (Å²) in [4.78, 5) is 0. The molecule has 0 aliphatic carbocycles. The summed E-state index contributed by atoms with van der Waals surface area (Å²) in [7, 11) is 3.33. The summed E-state index contributed by atoms with van der Waals surface area (Å²) in [6.07, 6.45) is 23.8. The molecule has 6 heteroatoms. The van der Waals surface area contributed by atoms with Gasteiger partial charge in [-0.15, -0.1) is 10.2 Å². The first-order chi connectivity index (χ1) is 13.9. The maximum Gasteiger partial charge on any atom is 0.186 e. The Kier molecular flexibility index (Phi) is 19.2. The second-order valence-corrected chi connectivity index (χ2v) is 11.0. The first-order valence-electron chi connectivity index (χ1n) is 11.8. The quantitative estimate of drug-likeness (QED) is 0.116.